The lowest BCUT2D eigenvalue weighted by molar-refractivity contribution is 1.08. The van der Waals surface area contributed by atoms with Gasteiger partial charge >= 0.3 is 0 Å². The van der Waals surface area contributed by atoms with Gasteiger partial charge in [-0.2, -0.15) is 0 Å². The summed E-state index contributed by atoms with van der Waals surface area (Å²) in [5, 5.41) is 12.1. The maximum atomic E-state index is 5.68. The Morgan fingerprint density at radius 3 is 1.74 bits per heavy atom. The molecule has 0 saturated carbocycles. The number of hydrogen-bond acceptors (Lipinski definition) is 3. The molecule has 0 N–H and O–H groups in total. The molecule has 14 aromatic rings. The van der Waals surface area contributed by atoms with Gasteiger partial charge in [0, 0.05) is 64.4 Å². The molecular weight excluding hydrogens is 727 g/mol. The first-order valence-corrected chi connectivity index (χ1v) is 20.5. The topological polar surface area (TPSA) is 40.0 Å². The van der Waals surface area contributed by atoms with Crippen LogP contribution in [0.2, 0.25) is 0 Å². The molecule has 0 aliphatic carbocycles. The maximum Gasteiger partial charge on any atom is 0.163 e. The number of aromatic nitrogens is 5. The fourth-order valence-corrected chi connectivity index (χ4v) is 11.1. The van der Waals surface area contributed by atoms with E-state index in [4.69, 9.17) is 9.97 Å². The molecule has 0 aliphatic rings. The molecule has 5 nitrogen and oxygen atoms in total. The number of hydrogen-bond donors (Lipinski definition) is 0. The number of benzene rings is 8. The van der Waals surface area contributed by atoms with Crippen LogP contribution in [-0.4, -0.2) is 23.5 Å². The van der Waals surface area contributed by atoms with Crippen LogP contribution >= 0.6 is 11.3 Å². The van der Waals surface area contributed by atoms with E-state index < -0.39 is 0 Å². The molecule has 6 heterocycles. The van der Waals surface area contributed by atoms with Crippen molar-refractivity contribution in [3.63, 3.8) is 0 Å². The van der Waals surface area contributed by atoms with E-state index in [0.717, 1.165) is 43.8 Å². The summed E-state index contributed by atoms with van der Waals surface area (Å²) in [6.07, 6.45) is 0. The summed E-state index contributed by atoms with van der Waals surface area (Å²) in [5.74, 6) is 1.61. The summed E-state index contributed by atoms with van der Waals surface area (Å²) in [6.45, 7) is 0. The molecule has 6 heteroatoms. The summed E-state index contributed by atoms with van der Waals surface area (Å²) < 4.78 is 8.46. The molecule has 0 radical (unpaired) electrons. The van der Waals surface area contributed by atoms with Crippen molar-refractivity contribution >= 4 is 113 Å². The van der Waals surface area contributed by atoms with E-state index in [-0.39, 0.29) is 0 Å². The molecule has 0 unspecified atom stereocenters. The number of rotatable bonds is 3. The van der Waals surface area contributed by atoms with Crippen molar-refractivity contribution in [1.29, 1.82) is 0 Å². The summed E-state index contributed by atoms with van der Waals surface area (Å²) in [4.78, 5) is 12.1. The highest BCUT2D eigenvalue weighted by molar-refractivity contribution is 7.25. The number of thiophene rings is 1. The van der Waals surface area contributed by atoms with Gasteiger partial charge in [-0.25, -0.2) is 9.97 Å². The Hall–Kier alpha value is -7.54. The Morgan fingerprint density at radius 1 is 0.379 bits per heavy atom. The second kappa shape index (κ2) is 11.1. The molecule has 0 atom stereocenters. The zero-order chi connectivity index (χ0) is 37.6. The second-order valence-electron chi connectivity index (χ2n) is 15.3. The Kier molecular flexibility index (Phi) is 5.85. The van der Waals surface area contributed by atoms with Crippen molar-refractivity contribution in [2.75, 3.05) is 0 Å². The average molecular weight is 756 g/mol. The van der Waals surface area contributed by atoms with E-state index in [1.54, 1.807) is 11.3 Å². The summed E-state index contributed by atoms with van der Waals surface area (Å²) >= 11 is 1.74. The van der Waals surface area contributed by atoms with E-state index in [1.807, 2.05) is 0 Å². The standard InChI is InChI=1S/C52H29N5S/c1-2-14-31(15-3-1)55-39-21-9-4-16-32(39)37-28-30(26-27-43(37)55)50-53-51(48-36-20-8-13-25-45(36)58-52(48)54-50)57-42-24-12-6-18-34(42)46-44(57)29-38-33-17-5-10-22-40(33)56-41-23-11-7-19-35(41)47(46)49(38)56/h1-29H. The van der Waals surface area contributed by atoms with Gasteiger partial charge in [0.15, 0.2) is 11.6 Å². The molecule has 0 saturated heterocycles. The molecule has 14 rings (SSSR count). The third-order valence-electron chi connectivity index (χ3n) is 12.4. The monoisotopic (exact) mass is 755 g/mol. The van der Waals surface area contributed by atoms with Gasteiger partial charge in [0.1, 0.15) is 4.83 Å². The van der Waals surface area contributed by atoms with Crippen molar-refractivity contribution in [1.82, 2.24) is 23.5 Å². The minimum Gasteiger partial charge on any atom is -0.309 e. The van der Waals surface area contributed by atoms with E-state index in [2.05, 4.69) is 189 Å². The first kappa shape index (κ1) is 30.7. The van der Waals surface area contributed by atoms with Gasteiger partial charge in [0.25, 0.3) is 0 Å². The second-order valence-corrected chi connectivity index (χ2v) is 16.4. The molecule has 0 fully saturated rings. The lowest BCUT2D eigenvalue weighted by Gasteiger charge is -2.12. The molecule has 8 aromatic carbocycles. The Morgan fingerprint density at radius 2 is 0.966 bits per heavy atom. The molecule has 58 heavy (non-hydrogen) atoms. The summed E-state index contributed by atoms with van der Waals surface area (Å²) in [7, 11) is 0. The smallest absolute Gasteiger partial charge is 0.163 e. The Bertz CT molecular complexity index is 4030. The van der Waals surface area contributed by atoms with Gasteiger partial charge < -0.3 is 8.97 Å². The normalized spacial score (nSPS) is 12.5. The lowest BCUT2D eigenvalue weighted by atomic mass is 10.0. The van der Waals surface area contributed by atoms with Crippen LogP contribution in [0.3, 0.4) is 0 Å². The highest BCUT2D eigenvalue weighted by Crippen LogP contribution is 2.48. The van der Waals surface area contributed by atoms with Crippen LogP contribution in [0.4, 0.5) is 0 Å². The van der Waals surface area contributed by atoms with Crippen LogP contribution in [-0.2, 0) is 0 Å². The van der Waals surface area contributed by atoms with Crippen molar-refractivity contribution in [3.05, 3.63) is 176 Å². The van der Waals surface area contributed by atoms with Crippen LogP contribution in [0.5, 0.6) is 0 Å². The first-order chi connectivity index (χ1) is 28.8. The molecule has 0 aliphatic heterocycles. The fraction of sp³-hybridized carbons (Fsp3) is 0. The SMILES string of the molecule is c1ccc(-n2c3ccccc3c3cc(-c4nc(-n5c6ccccc6c6c7c8ccccc8n8c9ccccc9c(cc65)c78)c5c(n4)sc4ccccc45)ccc32)cc1. The Labute approximate surface area is 334 Å². The van der Waals surface area contributed by atoms with Crippen LogP contribution < -0.4 is 0 Å². The van der Waals surface area contributed by atoms with Crippen molar-refractivity contribution in [3.8, 4) is 22.9 Å². The number of fused-ring (bicyclic) bond motifs is 16. The predicted octanol–water partition coefficient (Wildman–Crippen LogP) is 13.9. The van der Waals surface area contributed by atoms with E-state index in [0.29, 0.717) is 5.82 Å². The minimum atomic E-state index is 0.714. The fourth-order valence-electron chi connectivity index (χ4n) is 10.1. The predicted molar refractivity (Wildman–Crippen MR) is 244 cm³/mol. The van der Waals surface area contributed by atoms with Gasteiger partial charge in [0.05, 0.1) is 44.0 Å². The van der Waals surface area contributed by atoms with Crippen molar-refractivity contribution in [2.24, 2.45) is 0 Å². The number of para-hydroxylation sites is 5. The average Bonchev–Trinajstić information content (AvgIpc) is 4.08. The van der Waals surface area contributed by atoms with E-state index in [1.165, 1.54) is 75.2 Å². The van der Waals surface area contributed by atoms with Gasteiger partial charge in [-0.3, -0.25) is 4.57 Å². The third kappa shape index (κ3) is 3.85. The zero-order valence-corrected chi connectivity index (χ0v) is 31.7. The third-order valence-corrected chi connectivity index (χ3v) is 13.4. The molecule has 268 valence electrons. The van der Waals surface area contributed by atoms with E-state index in [9.17, 15) is 0 Å². The van der Waals surface area contributed by atoms with E-state index >= 15 is 0 Å². The van der Waals surface area contributed by atoms with Gasteiger partial charge in [-0.05, 0) is 66.7 Å². The highest BCUT2D eigenvalue weighted by Gasteiger charge is 2.26. The van der Waals surface area contributed by atoms with Crippen LogP contribution in [0.15, 0.2) is 176 Å². The molecule has 0 amide bonds. The van der Waals surface area contributed by atoms with Crippen LogP contribution in [0, 0.1) is 0 Å². The Balaban J connectivity index is 1.13. The number of nitrogens with zero attached hydrogens (tertiary/aromatic N) is 5. The summed E-state index contributed by atoms with van der Waals surface area (Å²) in [5.41, 5.74) is 10.5. The minimum absolute atomic E-state index is 0.714. The molecule has 6 aromatic heterocycles. The first-order valence-electron chi connectivity index (χ1n) is 19.7. The quantitative estimate of drug-likeness (QED) is 0.180. The molecule has 0 spiro atoms. The summed E-state index contributed by atoms with van der Waals surface area (Å²) in [6, 6.07) is 63.7. The van der Waals surface area contributed by atoms with Crippen LogP contribution in [0.1, 0.15) is 0 Å². The van der Waals surface area contributed by atoms with Gasteiger partial charge in [0.2, 0.25) is 0 Å². The lowest BCUT2D eigenvalue weighted by Crippen LogP contribution is -2.02. The van der Waals surface area contributed by atoms with Gasteiger partial charge in [-0.15, -0.1) is 11.3 Å². The molecule has 0 bridgehead atoms. The zero-order valence-electron chi connectivity index (χ0n) is 30.9. The van der Waals surface area contributed by atoms with Gasteiger partial charge in [-0.1, -0.05) is 109 Å². The largest absolute Gasteiger partial charge is 0.309 e. The molecular formula is C52H29N5S. The maximum absolute atomic E-state index is 5.68. The highest BCUT2D eigenvalue weighted by atomic mass is 32.1. The van der Waals surface area contributed by atoms with Crippen molar-refractivity contribution < 1.29 is 0 Å². The van der Waals surface area contributed by atoms with Crippen LogP contribution in [0.25, 0.3) is 125 Å². The van der Waals surface area contributed by atoms with Crippen molar-refractivity contribution in [2.45, 2.75) is 0 Å².